The second-order valence-corrected chi connectivity index (χ2v) is 6.31. The van der Waals surface area contributed by atoms with E-state index in [9.17, 15) is 4.79 Å². The lowest BCUT2D eigenvalue weighted by molar-refractivity contribution is 0.0945. The number of hydrogen-bond donors (Lipinski definition) is 2. The molecule has 0 fully saturated rings. The molecule has 2 aromatic heterocycles. The van der Waals surface area contributed by atoms with Gasteiger partial charge in [-0.25, -0.2) is 9.97 Å². The number of pyridine rings is 1. The SMILES string of the molecule is CCc1cccc(C)c1Nc1cc(C(=O)NCc2ccncc2)nc(C)n1. The molecule has 0 spiro atoms. The Morgan fingerprint density at radius 2 is 1.85 bits per heavy atom. The molecule has 138 valence electrons. The molecule has 0 bridgehead atoms. The van der Waals surface area contributed by atoms with Gasteiger partial charge >= 0.3 is 0 Å². The van der Waals surface area contributed by atoms with Gasteiger partial charge in [0.15, 0.2) is 0 Å². The van der Waals surface area contributed by atoms with Crippen LogP contribution in [-0.2, 0) is 13.0 Å². The van der Waals surface area contributed by atoms with Crippen LogP contribution in [0.1, 0.15) is 39.9 Å². The number of carbonyl (C=O) groups excluding carboxylic acids is 1. The average Bonchev–Trinajstić information content (AvgIpc) is 2.68. The highest BCUT2D eigenvalue weighted by Gasteiger charge is 2.12. The zero-order valence-corrected chi connectivity index (χ0v) is 15.8. The standard InChI is InChI=1S/C21H23N5O/c1-4-17-7-5-6-14(2)20(17)26-19-12-18(24-15(3)25-19)21(27)23-13-16-8-10-22-11-9-16/h5-12H,4,13H2,1-3H3,(H,23,27)(H,24,25,26). The number of rotatable bonds is 6. The summed E-state index contributed by atoms with van der Waals surface area (Å²) in [6.45, 7) is 6.37. The monoisotopic (exact) mass is 361 g/mol. The van der Waals surface area contributed by atoms with E-state index in [0.717, 1.165) is 23.2 Å². The number of nitrogens with one attached hydrogen (secondary N) is 2. The molecule has 3 rings (SSSR count). The van der Waals surface area contributed by atoms with Gasteiger partial charge in [-0.15, -0.1) is 0 Å². The van der Waals surface area contributed by atoms with Gasteiger partial charge in [-0.3, -0.25) is 9.78 Å². The van der Waals surface area contributed by atoms with E-state index in [4.69, 9.17) is 0 Å². The van der Waals surface area contributed by atoms with Gasteiger partial charge in [0.05, 0.1) is 0 Å². The summed E-state index contributed by atoms with van der Waals surface area (Å²) in [5.41, 5.74) is 4.69. The maximum absolute atomic E-state index is 12.5. The highest BCUT2D eigenvalue weighted by molar-refractivity contribution is 5.93. The fraction of sp³-hybridized carbons (Fsp3) is 0.238. The number of para-hydroxylation sites is 1. The van der Waals surface area contributed by atoms with E-state index in [2.05, 4.69) is 51.6 Å². The molecule has 0 aliphatic carbocycles. The summed E-state index contributed by atoms with van der Waals surface area (Å²) < 4.78 is 0. The molecule has 0 saturated carbocycles. The first-order chi connectivity index (χ1) is 13.1. The average molecular weight is 361 g/mol. The highest BCUT2D eigenvalue weighted by atomic mass is 16.1. The number of aryl methyl sites for hydroxylation is 3. The highest BCUT2D eigenvalue weighted by Crippen LogP contribution is 2.24. The molecule has 2 heterocycles. The summed E-state index contributed by atoms with van der Waals surface area (Å²) >= 11 is 0. The number of nitrogens with zero attached hydrogens (tertiary/aromatic N) is 3. The number of benzene rings is 1. The topological polar surface area (TPSA) is 79.8 Å². The first-order valence-electron chi connectivity index (χ1n) is 8.95. The summed E-state index contributed by atoms with van der Waals surface area (Å²) in [6, 6.07) is 11.6. The molecule has 3 aromatic rings. The third kappa shape index (κ3) is 4.67. The van der Waals surface area contributed by atoms with Crippen LogP contribution in [0.25, 0.3) is 0 Å². The molecule has 0 aliphatic heterocycles. The minimum Gasteiger partial charge on any atom is -0.347 e. The van der Waals surface area contributed by atoms with Crippen molar-refractivity contribution in [3.63, 3.8) is 0 Å². The summed E-state index contributed by atoms with van der Waals surface area (Å²) in [6.07, 6.45) is 4.31. The van der Waals surface area contributed by atoms with Gasteiger partial charge in [0, 0.05) is 30.7 Å². The molecule has 1 aromatic carbocycles. The lowest BCUT2D eigenvalue weighted by Crippen LogP contribution is -2.24. The molecule has 6 heteroatoms. The molecule has 1 amide bonds. The van der Waals surface area contributed by atoms with Crippen LogP contribution < -0.4 is 10.6 Å². The van der Waals surface area contributed by atoms with Gasteiger partial charge in [-0.05, 0) is 49.1 Å². The first kappa shape index (κ1) is 18.5. The van der Waals surface area contributed by atoms with Crippen LogP contribution in [0.15, 0.2) is 48.8 Å². The lowest BCUT2D eigenvalue weighted by Gasteiger charge is -2.14. The zero-order valence-electron chi connectivity index (χ0n) is 15.8. The Balaban J connectivity index is 1.79. The third-order valence-corrected chi connectivity index (χ3v) is 4.27. The van der Waals surface area contributed by atoms with Gasteiger partial charge in [0.25, 0.3) is 5.91 Å². The van der Waals surface area contributed by atoms with Crippen LogP contribution in [-0.4, -0.2) is 20.9 Å². The summed E-state index contributed by atoms with van der Waals surface area (Å²) in [5.74, 6) is 0.919. The largest absolute Gasteiger partial charge is 0.347 e. The second kappa shape index (κ2) is 8.40. The van der Waals surface area contributed by atoms with Gasteiger partial charge in [-0.1, -0.05) is 25.1 Å². The Morgan fingerprint density at radius 1 is 1.07 bits per heavy atom. The molecule has 0 saturated heterocycles. The Labute approximate surface area is 159 Å². The van der Waals surface area contributed by atoms with E-state index in [-0.39, 0.29) is 5.91 Å². The van der Waals surface area contributed by atoms with Crippen molar-refractivity contribution in [3.05, 3.63) is 77.0 Å². The van der Waals surface area contributed by atoms with Crippen molar-refractivity contribution in [2.45, 2.75) is 33.7 Å². The minimum atomic E-state index is -0.235. The van der Waals surface area contributed by atoms with Crippen molar-refractivity contribution in [2.75, 3.05) is 5.32 Å². The Hall–Kier alpha value is -3.28. The third-order valence-electron chi connectivity index (χ3n) is 4.27. The normalized spacial score (nSPS) is 10.5. The fourth-order valence-electron chi connectivity index (χ4n) is 2.85. The minimum absolute atomic E-state index is 0.235. The summed E-state index contributed by atoms with van der Waals surface area (Å²) in [7, 11) is 0. The predicted molar refractivity (Wildman–Crippen MR) is 106 cm³/mol. The lowest BCUT2D eigenvalue weighted by atomic mass is 10.1. The van der Waals surface area contributed by atoms with Gasteiger partial charge in [-0.2, -0.15) is 0 Å². The smallest absolute Gasteiger partial charge is 0.270 e. The van der Waals surface area contributed by atoms with Crippen molar-refractivity contribution in [1.82, 2.24) is 20.3 Å². The molecule has 6 nitrogen and oxygen atoms in total. The van der Waals surface area contributed by atoms with Gasteiger partial charge in [0.1, 0.15) is 17.3 Å². The van der Waals surface area contributed by atoms with E-state index in [1.165, 1.54) is 5.56 Å². The second-order valence-electron chi connectivity index (χ2n) is 6.31. The Morgan fingerprint density at radius 3 is 2.59 bits per heavy atom. The van der Waals surface area contributed by atoms with E-state index in [1.807, 2.05) is 18.2 Å². The van der Waals surface area contributed by atoms with Crippen LogP contribution >= 0.6 is 0 Å². The Bertz CT molecular complexity index is 941. The number of carbonyl (C=O) groups is 1. The molecule has 27 heavy (non-hydrogen) atoms. The van der Waals surface area contributed by atoms with Crippen molar-refractivity contribution in [1.29, 1.82) is 0 Å². The van der Waals surface area contributed by atoms with Gasteiger partial charge in [0.2, 0.25) is 0 Å². The van der Waals surface area contributed by atoms with E-state index < -0.39 is 0 Å². The zero-order chi connectivity index (χ0) is 19.2. The molecule has 2 N–H and O–H groups in total. The maximum Gasteiger partial charge on any atom is 0.270 e. The van der Waals surface area contributed by atoms with Crippen LogP contribution in [0.2, 0.25) is 0 Å². The van der Waals surface area contributed by atoms with Crippen molar-refractivity contribution >= 4 is 17.4 Å². The Kier molecular flexibility index (Phi) is 5.76. The van der Waals surface area contributed by atoms with E-state index >= 15 is 0 Å². The van der Waals surface area contributed by atoms with E-state index in [1.54, 1.807) is 25.4 Å². The summed E-state index contributed by atoms with van der Waals surface area (Å²) in [4.78, 5) is 25.2. The van der Waals surface area contributed by atoms with Crippen molar-refractivity contribution < 1.29 is 4.79 Å². The van der Waals surface area contributed by atoms with Crippen molar-refractivity contribution in [2.24, 2.45) is 0 Å². The fourth-order valence-corrected chi connectivity index (χ4v) is 2.85. The van der Waals surface area contributed by atoms with Crippen LogP contribution in [0.3, 0.4) is 0 Å². The van der Waals surface area contributed by atoms with Gasteiger partial charge < -0.3 is 10.6 Å². The van der Waals surface area contributed by atoms with Crippen LogP contribution in [0.5, 0.6) is 0 Å². The molecule has 0 radical (unpaired) electrons. The molecular formula is C21H23N5O. The summed E-state index contributed by atoms with van der Waals surface area (Å²) in [5, 5.41) is 6.24. The first-order valence-corrected chi connectivity index (χ1v) is 8.95. The van der Waals surface area contributed by atoms with Crippen molar-refractivity contribution in [3.8, 4) is 0 Å². The number of hydrogen-bond acceptors (Lipinski definition) is 5. The number of aromatic nitrogens is 3. The predicted octanol–water partition coefficient (Wildman–Crippen LogP) is 3.72. The van der Waals surface area contributed by atoms with Crippen LogP contribution in [0, 0.1) is 13.8 Å². The maximum atomic E-state index is 12.5. The van der Waals surface area contributed by atoms with E-state index in [0.29, 0.717) is 23.9 Å². The molecule has 0 aliphatic rings. The quantitative estimate of drug-likeness (QED) is 0.699. The van der Waals surface area contributed by atoms with Crippen LogP contribution in [0.4, 0.5) is 11.5 Å². The number of amides is 1. The molecule has 0 unspecified atom stereocenters. The number of anilines is 2. The molecular weight excluding hydrogens is 338 g/mol. The molecule has 0 atom stereocenters.